The second kappa shape index (κ2) is 10.2. The van der Waals surface area contributed by atoms with Gasteiger partial charge in [-0.1, -0.05) is 31.7 Å². The first-order chi connectivity index (χ1) is 10.7. The highest BCUT2D eigenvalue weighted by Crippen LogP contribution is 2.33. The van der Waals surface area contributed by atoms with Crippen molar-refractivity contribution in [3.05, 3.63) is 0 Å². The molecule has 0 radical (unpaired) electrons. The minimum Gasteiger partial charge on any atom is -0.371 e. The van der Waals surface area contributed by atoms with Crippen molar-refractivity contribution >= 4 is 35.2 Å². The van der Waals surface area contributed by atoms with E-state index in [0.29, 0.717) is 0 Å². The second-order valence-electron chi connectivity index (χ2n) is 9.84. The third-order valence-electron chi connectivity index (χ3n) is 3.22. The molecule has 7 heteroatoms. The topological polar surface area (TPSA) is 27.7 Å². The molecular weight excluding hydrogens is 365 g/mol. The van der Waals surface area contributed by atoms with Gasteiger partial charge in [0.1, 0.15) is 0 Å². The summed E-state index contributed by atoms with van der Waals surface area (Å²) in [5.74, 6) is -0.808. The minimum atomic E-state index is -1.77. The number of hydrogen-bond acceptors (Lipinski definition) is 3. The lowest BCUT2D eigenvalue weighted by Crippen LogP contribution is -2.55. The maximum Gasteiger partial charge on any atom is 0.254 e. The maximum absolute atomic E-state index is 6.57. The van der Waals surface area contributed by atoms with E-state index < -0.39 is 30.9 Å². The van der Waals surface area contributed by atoms with Gasteiger partial charge < -0.3 is 13.3 Å². The zero-order valence-corrected chi connectivity index (χ0v) is 23.2. The van der Waals surface area contributed by atoms with E-state index in [1.807, 2.05) is 0 Å². The van der Waals surface area contributed by atoms with Crippen molar-refractivity contribution in [1.82, 2.24) is 0 Å². The lowest BCUT2D eigenvalue weighted by molar-refractivity contribution is -0.274. The van der Waals surface area contributed by atoms with Crippen LogP contribution in [0.15, 0.2) is 0 Å². The molecule has 0 aliphatic rings. The summed E-state index contributed by atoms with van der Waals surface area (Å²) in [6.45, 7) is 20.1. The summed E-state index contributed by atoms with van der Waals surface area (Å²) in [6.07, 6.45) is 7.34. The van der Waals surface area contributed by atoms with Crippen molar-refractivity contribution < 1.29 is 13.3 Å². The Morgan fingerprint density at radius 3 is 1.25 bits per heavy atom. The van der Waals surface area contributed by atoms with Gasteiger partial charge in [-0.05, 0) is 65.3 Å². The van der Waals surface area contributed by atoms with Gasteiger partial charge in [0.2, 0.25) is 0 Å². The molecule has 24 heavy (non-hydrogen) atoms. The van der Waals surface area contributed by atoms with Crippen molar-refractivity contribution in [3.63, 3.8) is 0 Å². The number of hydrogen-bond donors (Lipinski definition) is 0. The molecule has 0 N–H and O–H groups in total. The maximum atomic E-state index is 6.57. The molecule has 0 amide bonds. The summed E-state index contributed by atoms with van der Waals surface area (Å²) in [4.78, 5) is 0. The van der Waals surface area contributed by atoms with Crippen LogP contribution in [0, 0.1) is 0 Å². The quantitative estimate of drug-likeness (QED) is 0.234. The molecule has 146 valence electrons. The molecule has 0 fully saturated rings. The van der Waals surface area contributed by atoms with Crippen molar-refractivity contribution in [3.8, 4) is 0 Å². The molecule has 0 spiro atoms. The molecule has 0 heterocycles. The van der Waals surface area contributed by atoms with E-state index in [1.54, 1.807) is 0 Å². The number of rotatable bonds is 13. The Kier molecular flexibility index (Phi) is 10.5. The highest BCUT2D eigenvalue weighted by atomic mass is 28.4. The van der Waals surface area contributed by atoms with E-state index in [-0.39, 0.29) is 0 Å². The number of unbranched alkanes of at least 4 members (excludes halogenated alkanes) is 4. The van der Waals surface area contributed by atoms with Gasteiger partial charge in [-0.25, -0.2) is 0 Å². The molecule has 0 aromatic rings. The van der Waals surface area contributed by atoms with E-state index in [9.17, 15) is 0 Å². The van der Waals surface area contributed by atoms with Crippen LogP contribution in [0.25, 0.3) is 0 Å². The molecule has 3 nitrogen and oxygen atoms in total. The Hall–Kier alpha value is 0.748. The average Bonchev–Trinajstić information content (AvgIpc) is 2.26. The Bertz CT molecular complexity index is 302. The van der Waals surface area contributed by atoms with Gasteiger partial charge in [-0.2, -0.15) is 0 Å². The van der Waals surface area contributed by atoms with E-state index in [1.165, 1.54) is 42.0 Å². The van der Waals surface area contributed by atoms with Crippen LogP contribution >= 0.6 is 0 Å². The molecule has 0 atom stereocenters. The Morgan fingerprint density at radius 1 is 0.583 bits per heavy atom. The van der Waals surface area contributed by atoms with E-state index >= 15 is 0 Å². The smallest absolute Gasteiger partial charge is 0.254 e. The van der Waals surface area contributed by atoms with Crippen LogP contribution in [-0.4, -0.2) is 41.2 Å². The van der Waals surface area contributed by atoms with Crippen molar-refractivity contribution in [2.24, 2.45) is 0 Å². The Labute approximate surface area is 158 Å². The van der Waals surface area contributed by atoms with Crippen LogP contribution in [0.4, 0.5) is 0 Å². The normalized spacial score (nSPS) is 14.4. The lowest BCUT2D eigenvalue weighted by Gasteiger charge is -2.45. The van der Waals surface area contributed by atoms with Gasteiger partial charge in [0, 0.05) is 16.7 Å². The van der Waals surface area contributed by atoms with Crippen molar-refractivity contribution in [2.75, 3.05) is 0 Å². The van der Waals surface area contributed by atoms with Crippen molar-refractivity contribution in [1.29, 1.82) is 0 Å². The summed E-state index contributed by atoms with van der Waals surface area (Å²) >= 11 is 0. The lowest BCUT2D eigenvalue weighted by atomic mass is 10.1. The predicted octanol–water partition coefficient (Wildman–Crippen LogP) is 5.32. The fourth-order valence-electron chi connectivity index (χ4n) is 2.74. The molecule has 0 saturated carbocycles. The van der Waals surface area contributed by atoms with Crippen LogP contribution in [0.2, 0.25) is 65.0 Å². The third-order valence-corrected chi connectivity index (χ3v) is 6.70. The highest BCUT2D eigenvalue weighted by Gasteiger charge is 2.44. The third kappa shape index (κ3) is 14.0. The van der Waals surface area contributed by atoms with Gasteiger partial charge in [-0.3, -0.25) is 0 Å². The first-order valence-electron chi connectivity index (χ1n) is 9.79. The van der Waals surface area contributed by atoms with Crippen LogP contribution in [0.1, 0.15) is 38.5 Å². The van der Waals surface area contributed by atoms with E-state index in [2.05, 4.69) is 58.9 Å². The van der Waals surface area contributed by atoms with Gasteiger partial charge in [0.05, 0.1) is 0 Å². The van der Waals surface area contributed by atoms with E-state index in [0.717, 1.165) is 12.8 Å². The summed E-state index contributed by atoms with van der Waals surface area (Å²) in [5.41, 5.74) is 0. The highest BCUT2D eigenvalue weighted by molar-refractivity contribution is 6.72. The standard InChI is InChI=1S/C17H44O3Si4/c1-22(2,3)18-17(19-23(4,5)6,20-24(7,8)9)15-13-11-10-12-14-16-21/h10-16H2,1-9,21H3. The molecule has 0 aromatic heterocycles. The van der Waals surface area contributed by atoms with Gasteiger partial charge in [0.25, 0.3) is 5.97 Å². The van der Waals surface area contributed by atoms with Gasteiger partial charge in [0.15, 0.2) is 25.0 Å². The van der Waals surface area contributed by atoms with Gasteiger partial charge >= 0.3 is 0 Å². The monoisotopic (exact) mass is 408 g/mol. The summed E-state index contributed by atoms with van der Waals surface area (Å²) < 4.78 is 19.7. The van der Waals surface area contributed by atoms with E-state index in [4.69, 9.17) is 13.3 Å². The average molecular weight is 409 g/mol. The minimum absolute atomic E-state index is 0.808. The van der Waals surface area contributed by atoms with Crippen LogP contribution in [0.3, 0.4) is 0 Å². The largest absolute Gasteiger partial charge is 0.371 e. The molecule has 0 aromatic carbocycles. The molecular formula is C17H44O3Si4. The second-order valence-corrected chi connectivity index (χ2v) is 24.1. The molecule has 0 aliphatic heterocycles. The summed E-state index contributed by atoms with van der Waals surface area (Å²) in [5, 5.41) is 0. The fraction of sp³-hybridized carbons (Fsp3) is 1.00. The summed E-state index contributed by atoms with van der Waals surface area (Å²) in [7, 11) is -3.98. The molecule has 0 rings (SSSR count). The van der Waals surface area contributed by atoms with Gasteiger partial charge in [-0.15, -0.1) is 0 Å². The molecule has 0 unspecified atom stereocenters. The van der Waals surface area contributed by atoms with Crippen molar-refractivity contribution in [2.45, 2.75) is 109 Å². The fourth-order valence-corrected chi connectivity index (χ4v) is 6.84. The molecule has 0 bridgehead atoms. The van der Waals surface area contributed by atoms with Crippen LogP contribution in [-0.2, 0) is 13.3 Å². The van der Waals surface area contributed by atoms with Crippen LogP contribution < -0.4 is 0 Å². The zero-order valence-electron chi connectivity index (χ0n) is 18.2. The Morgan fingerprint density at radius 2 is 0.917 bits per heavy atom. The summed E-state index contributed by atoms with van der Waals surface area (Å²) in [6, 6.07) is 1.43. The molecule has 0 saturated heterocycles. The molecule has 0 aliphatic carbocycles. The SMILES string of the molecule is C[Si](C)(C)OC(CCCCCCC[SiH3])(O[Si](C)(C)C)O[Si](C)(C)C. The predicted molar refractivity (Wildman–Crippen MR) is 118 cm³/mol. The van der Waals surface area contributed by atoms with Crippen LogP contribution in [0.5, 0.6) is 0 Å². The Balaban J connectivity index is 5.10. The first-order valence-corrected chi connectivity index (χ1v) is 21.4. The first kappa shape index (κ1) is 24.7. The zero-order chi connectivity index (χ0) is 19.1.